The lowest BCUT2D eigenvalue weighted by Crippen LogP contribution is -2.39. The van der Waals surface area contributed by atoms with Gasteiger partial charge in [0, 0.05) is 61.2 Å². The number of likely N-dealkylation sites (tertiary alicyclic amines) is 1. The van der Waals surface area contributed by atoms with Gasteiger partial charge in [-0.2, -0.15) is 5.26 Å². The molecule has 0 radical (unpaired) electrons. The zero-order valence-electron chi connectivity index (χ0n) is 20.6. The monoisotopic (exact) mass is 528 g/mol. The van der Waals surface area contributed by atoms with Crippen molar-refractivity contribution in [1.29, 1.82) is 5.26 Å². The van der Waals surface area contributed by atoms with Crippen LogP contribution in [0.5, 0.6) is 0 Å². The minimum Gasteiger partial charge on any atom is -0.342 e. The average Bonchev–Trinajstić information content (AvgIpc) is 3.23. The SMILES string of the molecule is Cc1c(C=C2CCN(C(=O)[C@@H]3CCC(F)(F)C3)CC2)cc(Cl)cc1NC(=O)c1cc(C#N)n(C)c(=O)c1. The minimum absolute atomic E-state index is 0.0657. The van der Waals surface area contributed by atoms with Crippen LogP contribution in [0.3, 0.4) is 0 Å². The largest absolute Gasteiger partial charge is 0.342 e. The molecular weight excluding hydrogens is 502 g/mol. The van der Waals surface area contributed by atoms with Gasteiger partial charge in [0.1, 0.15) is 11.8 Å². The fourth-order valence-electron chi connectivity index (χ4n) is 4.84. The van der Waals surface area contributed by atoms with Gasteiger partial charge in [-0.1, -0.05) is 23.3 Å². The number of nitriles is 1. The van der Waals surface area contributed by atoms with Crippen molar-refractivity contribution in [3.63, 3.8) is 0 Å². The summed E-state index contributed by atoms with van der Waals surface area (Å²) in [7, 11) is 1.46. The Morgan fingerprint density at radius 3 is 2.54 bits per heavy atom. The smallest absolute Gasteiger partial charge is 0.255 e. The first-order valence-corrected chi connectivity index (χ1v) is 12.4. The molecule has 1 N–H and O–H groups in total. The van der Waals surface area contributed by atoms with Crippen molar-refractivity contribution < 1.29 is 18.4 Å². The summed E-state index contributed by atoms with van der Waals surface area (Å²) in [4.78, 5) is 39.3. The molecule has 1 aromatic carbocycles. The van der Waals surface area contributed by atoms with E-state index in [1.807, 2.05) is 19.1 Å². The van der Waals surface area contributed by atoms with Crippen LogP contribution in [0, 0.1) is 24.2 Å². The van der Waals surface area contributed by atoms with Gasteiger partial charge in [0.05, 0.1) is 0 Å². The summed E-state index contributed by atoms with van der Waals surface area (Å²) in [6.45, 7) is 2.78. The first-order valence-electron chi connectivity index (χ1n) is 12.1. The summed E-state index contributed by atoms with van der Waals surface area (Å²) < 4.78 is 28.2. The van der Waals surface area contributed by atoms with Crippen LogP contribution in [0.1, 0.15) is 59.3 Å². The third-order valence-corrected chi connectivity index (χ3v) is 7.35. The molecule has 7 nitrogen and oxygen atoms in total. The summed E-state index contributed by atoms with van der Waals surface area (Å²) in [5.41, 5.74) is 2.79. The Balaban J connectivity index is 1.47. The number of benzene rings is 1. The van der Waals surface area contributed by atoms with E-state index >= 15 is 0 Å². The lowest BCUT2D eigenvalue weighted by Gasteiger charge is -2.30. The molecule has 1 saturated heterocycles. The molecule has 0 spiro atoms. The van der Waals surface area contributed by atoms with E-state index in [1.165, 1.54) is 19.2 Å². The van der Waals surface area contributed by atoms with Crippen LogP contribution >= 0.6 is 11.6 Å². The number of hydrogen-bond donors (Lipinski definition) is 1. The van der Waals surface area contributed by atoms with E-state index in [2.05, 4.69) is 5.32 Å². The maximum Gasteiger partial charge on any atom is 0.255 e. The summed E-state index contributed by atoms with van der Waals surface area (Å²) in [5.74, 6) is -4.07. The summed E-state index contributed by atoms with van der Waals surface area (Å²) in [6, 6.07) is 7.81. The first kappa shape index (κ1) is 26.6. The number of carbonyl (C=O) groups excluding carboxylic acids is 2. The van der Waals surface area contributed by atoms with E-state index in [0.29, 0.717) is 36.6 Å². The molecule has 0 bridgehead atoms. The highest BCUT2D eigenvalue weighted by Gasteiger charge is 2.43. The number of hydrogen-bond acceptors (Lipinski definition) is 4. The third kappa shape index (κ3) is 5.91. The topological polar surface area (TPSA) is 95.2 Å². The van der Waals surface area contributed by atoms with Gasteiger partial charge in [0.25, 0.3) is 11.5 Å². The summed E-state index contributed by atoms with van der Waals surface area (Å²) in [5, 5.41) is 12.4. The van der Waals surface area contributed by atoms with Gasteiger partial charge < -0.3 is 14.8 Å². The quantitative estimate of drug-likeness (QED) is 0.610. The van der Waals surface area contributed by atoms with Crippen LogP contribution in [0.15, 0.2) is 34.6 Å². The molecule has 2 amide bonds. The predicted octanol–water partition coefficient (Wildman–Crippen LogP) is 4.91. The number of amides is 2. The van der Waals surface area contributed by atoms with Gasteiger partial charge in [-0.25, -0.2) is 8.78 Å². The molecule has 194 valence electrons. The van der Waals surface area contributed by atoms with Crippen LogP contribution in [-0.2, 0) is 11.8 Å². The average molecular weight is 529 g/mol. The number of piperidine rings is 1. The Morgan fingerprint density at radius 1 is 1.22 bits per heavy atom. The van der Waals surface area contributed by atoms with Crippen LogP contribution in [-0.4, -0.2) is 40.3 Å². The van der Waals surface area contributed by atoms with Gasteiger partial charge in [0.2, 0.25) is 11.8 Å². The van der Waals surface area contributed by atoms with E-state index in [0.717, 1.165) is 21.3 Å². The van der Waals surface area contributed by atoms with E-state index in [1.54, 1.807) is 17.0 Å². The van der Waals surface area contributed by atoms with Crippen molar-refractivity contribution in [2.24, 2.45) is 13.0 Å². The predicted molar refractivity (Wildman–Crippen MR) is 137 cm³/mol. The highest BCUT2D eigenvalue weighted by Crippen LogP contribution is 2.40. The molecule has 4 rings (SSSR count). The van der Waals surface area contributed by atoms with Crippen LogP contribution < -0.4 is 10.9 Å². The van der Waals surface area contributed by atoms with Gasteiger partial charge in [-0.3, -0.25) is 14.4 Å². The normalized spacial score (nSPS) is 18.9. The maximum atomic E-state index is 13.5. The summed E-state index contributed by atoms with van der Waals surface area (Å²) in [6.07, 6.45) is 2.86. The molecule has 0 unspecified atom stereocenters. The Labute approximate surface area is 218 Å². The third-order valence-electron chi connectivity index (χ3n) is 7.13. The van der Waals surface area contributed by atoms with E-state index in [4.69, 9.17) is 11.6 Å². The Morgan fingerprint density at radius 2 is 1.92 bits per heavy atom. The number of alkyl halides is 2. The van der Waals surface area contributed by atoms with Crippen molar-refractivity contribution in [3.05, 3.63) is 67.6 Å². The molecule has 37 heavy (non-hydrogen) atoms. The van der Waals surface area contributed by atoms with Gasteiger partial charge in [0.15, 0.2) is 0 Å². The molecule has 1 atom stereocenters. The molecule has 1 aliphatic heterocycles. The molecule has 2 aromatic rings. The van der Waals surface area contributed by atoms with Crippen molar-refractivity contribution in [1.82, 2.24) is 9.47 Å². The van der Waals surface area contributed by atoms with E-state index in [-0.39, 0.29) is 36.4 Å². The van der Waals surface area contributed by atoms with Gasteiger partial charge in [-0.05, 0) is 55.5 Å². The zero-order chi connectivity index (χ0) is 26.9. The van der Waals surface area contributed by atoms with Crippen molar-refractivity contribution in [2.75, 3.05) is 18.4 Å². The molecule has 1 aromatic heterocycles. The number of halogens is 3. The fourth-order valence-corrected chi connectivity index (χ4v) is 5.07. The lowest BCUT2D eigenvalue weighted by atomic mass is 9.96. The molecule has 2 heterocycles. The molecule has 2 aliphatic rings. The highest BCUT2D eigenvalue weighted by atomic mass is 35.5. The number of rotatable bonds is 4. The number of nitrogens with one attached hydrogen (secondary N) is 1. The number of anilines is 1. The Bertz CT molecular complexity index is 1380. The number of carbonyl (C=O) groups is 2. The molecule has 10 heteroatoms. The summed E-state index contributed by atoms with van der Waals surface area (Å²) >= 11 is 6.33. The second-order valence-corrected chi connectivity index (χ2v) is 10.1. The molecular formula is C27H27ClF2N4O3. The Kier molecular flexibility index (Phi) is 7.51. The Hall–Kier alpha value is -3.51. The molecule has 2 fully saturated rings. The maximum absolute atomic E-state index is 13.5. The molecule has 1 saturated carbocycles. The van der Waals surface area contributed by atoms with Crippen LogP contribution in [0.25, 0.3) is 6.08 Å². The first-order chi connectivity index (χ1) is 17.5. The van der Waals surface area contributed by atoms with Crippen LogP contribution in [0.4, 0.5) is 14.5 Å². The number of nitrogens with zero attached hydrogens (tertiary/aromatic N) is 3. The highest BCUT2D eigenvalue weighted by molar-refractivity contribution is 6.31. The standard InChI is InChI=1S/C27H27ClF2N4O3/c1-16-19(9-17-4-7-34(8-5-17)26(37)18-3-6-27(29,30)14-18)10-21(28)13-23(16)32-25(36)20-11-22(15-31)33(2)24(35)12-20/h9-13,18H,3-8,14H2,1-2H3,(H,32,36)/t18-/m1/s1. The van der Waals surface area contributed by atoms with Crippen molar-refractivity contribution in [3.8, 4) is 6.07 Å². The van der Waals surface area contributed by atoms with Crippen molar-refractivity contribution in [2.45, 2.75) is 45.0 Å². The molecule has 1 aliphatic carbocycles. The second kappa shape index (κ2) is 10.5. The zero-order valence-corrected chi connectivity index (χ0v) is 21.4. The fraction of sp³-hybridized carbons (Fsp3) is 0.407. The van der Waals surface area contributed by atoms with E-state index in [9.17, 15) is 28.4 Å². The van der Waals surface area contributed by atoms with E-state index < -0.39 is 23.3 Å². The van der Waals surface area contributed by atoms with Crippen molar-refractivity contribution >= 4 is 35.2 Å². The second-order valence-electron chi connectivity index (χ2n) is 9.68. The van der Waals surface area contributed by atoms with Gasteiger partial charge in [-0.15, -0.1) is 0 Å². The number of pyridine rings is 1. The van der Waals surface area contributed by atoms with Crippen LogP contribution in [0.2, 0.25) is 5.02 Å². The lowest BCUT2D eigenvalue weighted by molar-refractivity contribution is -0.136. The number of aromatic nitrogens is 1. The minimum atomic E-state index is -2.74. The van der Waals surface area contributed by atoms with Gasteiger partial charge >= 0.3 is 0 Å².